The number of benzene rings is 2. The summed E-state index contributed by atoms with van der Waals surface area (Å²) < 4.78 is 11.1. The SMILES string of the molecule is COc1cc(OCc2ccccc2)ccc1CC(N)CO.Cl. The van der Waals surface area contributed by atoms with Gasteiger partial charge in [-0.1, -0.05) is 36.4 Å². The van der Waals surface area contributed by atoms with Gasteiger partial charge in [-0.05, 0) is 23.6 Å². The largest absolute Gasteiger partial charge is 0.496 e. The van der Waals surface area contributed by atoms with Crippen LogP contribution in [0.2, 0.25) is 0 Å². The summed E-state index contributed by atoms with van der Waals surface area (Å²) in [6.45, 7) is 0.467. The molecular weight excluding hydrogens is 302 g/mol. The molecule has 1 atom stereocenters. The van der Waals surface area contributed by atoms with E-state index in [1.165, 1.54) is 0 Å². The minimum atomic E-state index is -0.282. The second-order valence-corrected chi connectivity index (χ2v) is 4.89. The van der Waals surface area contributed by atoms with E-state index in [1.54, 1.807) is 7.11 Å². The molecule has 5 heteroatoms. The quantitative estimate of drug-likeness (QED) is 0.822. The maximum Gasteiger partial charge on any atom is 0.125 e. The molecule has 2 aromatic rings. The molecule has 1 unspecified atom stereocenters. The summed E-state index contributed by atoms with van der Waals surface area (Å²) in [6, 6.07) is 15.4. The van der Waals surface area contributed by atoms with Crippen molar-refractivity contribution in [3.05, 3.63) is 59.7 Å². The van der Waals surface area contributed by atoms with Gasteiger partial charge in [0.1, 0.15) is 18.1 Å². The molecule has 3 N–H and O–H groups in total. The molecule has 0 radical (unpaired) electrons. The standard InChI is InChI=1S/C17H21NO3.ClH/c1-20-17-10-16(8-7-14(17)9-15(18)11-19)21-12-13-5-3-2-4-6-13;/h2-8,10,15,19H,9,11-12,18H2,1H3;1H. The number of methoxy groups -OCH3 is 1. The van der Waals surface area contributed by atoms with E-state index < -0.39 is 0 Å². The molecule has 0 amide bonds. The van der Waals surface area contributed by atoms with Crippen LogP contribution >= 0.6 is 12.4 Å². The number of halogens is 1. The summed E-state index contributed by atoms with van der Waals surface area (Å²) in [5.74, 6) is 1.47. The second-order valence-electron chi connectivity index (χ2n) is 4.89. The van der Waals surface area contributed by atoms with Gasteiger partial charge in [0, 0.05) is 12.1 Å². The van der Waals surface area contributed by atoms with E-state index in [4.69, 9.17) is 20.3 Å². The summed E-state index contributed by atoms with van der Waals surface area (Å²) in [6.07, 6.45) is 0.568. The number of nitrogens with two attached hydrogens (primary N) is 1. The first kappa shape index (κ1) is 18.3. The van der Waals surface area contributed by atoms with Crippen molar-refractivity contribution in [3.63, 3.8) is 0 Å². The van der Waals surface area contributed by atoms with Gasteiger partial charge < -0.3 is 20.3 Å². The van der Waals surface area contributed by atoms with Crippen molar-refractivity contribution in [1.82, 2.24) is 0 Å². The molecule has 0 aliphatic carbocycles. The smallest absolute Gasteiger partial charge is 0.125 e. The molecule has 22 heavy (non-hydrogen) atoms. The molecule has 0 aliphatic heterocycles. The Morgan fingerprint density at radius 3 is 2.50 bits per heavy atom. The van der Waals surface area contributed by atoms with Crippen LogP contribution in [0.1, 0.15) is 11.1 Å². The highest BCUT2D eigenvalue weighted by Crippen LogP contribution is 2.26. The fraction of sp³-hybridized carbons (Fsp3) is 0.294. The van der Waals surface area contributed by atoms with Crippen molar-refractivity contribution in [2.45, 2.75) is 19.1 Å². The zero-order valence-electron chi connectivity index (χ0n) is 12.6. The Labute approximate surface area is 137 Å². The van der Waals surface area contributed by atoms with Crippen LogP contribution in [0.15, 0.2) is 48.5 Å². The highest BCUT2D eigenvalue weighted by molar-refractivity contribution is 5.85. The van der Waals surface area contributed by atoms with Crippen LogP contribution in [0, 0.1) is 0 Å². The minimum Gasteiger partial charge on any atom is -0.496 e. The first-order valence-corrected chi connectivity index (χ1v) is 6.93. The van der Waals surface area contributed by atoms with E-state index in [-0.39, 0.29) is 25.1 Å². The minimum absolute atomic E-state index is 0. The lowest BCUT2D eigenvalue weighted by atomic mass is 10.1. The summed E-state index contributed by atoms with van der Waals surface area (Å²) in [7, 11) is 1.62. The molecule has 0 spiro atoms. The molecule has 120 valence electrons. The predicted octanol–water partition coefficient (Wildman–Crippen LogP) is 2.56. The van der Waals surface area contributed by atoms with Crippen LogP contribution in [0.25, 0.3) is 0 Å². The summed E-state index contributed by atoms with van der Waals surface area (Å²) in [5.41, 5.74) is 7.84. The third-order valence-corrected chi connectivity index (χ3v) is 3.22. The average Bonchev–Trinajstić information content (AvgIpc) is 2.54. The number of hydrogen-bond acceptors (Lipinski definition) is 4. The fourth-order valence-electron chi connectivity index (χ4n) is 2.07. The van der Waals surface area contributed by atoms with E-state index >= 15 is 0 Å². The zero-order chi connectivity index (χ0) is 15.1. The van der Waals surface area contributed by atoms with Gasteiger partial charge in [0.15, 0.2) is 0 Å². The van der Waals surface area contributed by atoms with Crippen LogP contribution in [-0.4, -0.2) is 24.9 Å². The number of aliphatic hydroxyl groups is 1. The number of ether oxygens (including phenoxy) is 2. The topological polar surface area (TPSA) is 64.7 Å². The molecule has 0 saturated carbocycles. The van der Waals surface area contributed by atoms with Crippen LogP contribution in [-0.2, 0) is 13.0 Å². The third-order valence-electron chi connectivity index (χ3n) is 3.22. The van der Waals surface area contributed by atoms with Gasteiger partial charge in [-0.25, -0.2) is 0 Å². The predicted molar refractivity (Wildman–Crippen MR) is 89.8 cm³/mol. The van der Waals surface area contributed by atoms with E-state index in [0.717, 1.165) is 22.6 Å². The van der Waals surface area contributed by atoms with E-state index in [2.05, 4.69) is 0 Å². The molecule has 0 aliphatic rings. The van der Waals surface area contributed by atoms with Gasteiger partial charge in [-0.2, -0.15) is 0 Å². The molecule has 0 heterocycles. The Bertz CT molecular complexity index is 563. The molecule has 0 saturated heterocycles. The molecule has 2 aromatic carbocycles. The average molecular weight is 324 g/mol. The van der Waals surface area contributed by atoms with Gasteiger partial charge in [0.25, 0.3) is 0 Å². The number of rotatable bonds is 7. The van der Waals surface area contributed by atoms with E-state index in [9.17, 15) is 0 Å². The lowest BCUT2D eigenvalue weighted by molar-refractivity contribution is 0.264. The number of aliphatic hydroxyl groups excluding tert-OH is 1. The van der Waals surface area contributed by atoms with Gasteiger partial charge in [0.05, 0.1) is 13.7 Å². The maximum atomic E-state index is 9.03. The maximum absolute atomic E-state index is 9.03. The second kappa shape index (κ2) is 9.30. The van der Waals surface area contributed by atoms with Crippen LogP contribution in [0.3, 0.4) is 0 Å². The lowest BCUT2D eigenvalue weighted by Crippen LogP contribution is -2.27. The molecule has 0 bridgehead atoms. The molecule has 2 rings (SSSR count). The van der Waals surface area contributed by atoms with Gasteiger partial charge >= 0.3 is 0 Å². The molecule has 4 nitrogen and oxygen atoms in total. The monoisotopic (exact) mass is 323 g/mol. The van der Waals surface area contributed by atoms with Crippen molar-refractivity contribution < 1.29 is 14.6 Å². The van der Waals surface area contributed by atoms with Crippen molar-refractivity contribution in [2.75, 3.05) is 13.7 Å². The van der Waals surface area contributed by atoms with Crippen LogP contribution in [0.5, 0.6) is 11.5 Å². The van der Waals surface area contributed by atoms with E-state index in [0.29, 0.717) is 13.0 Å². The normalized spacial score (nSPS) is 11.4. The van der Waals surface area contributed by atoms with Crippen molar-refractivity contribution in [1.29, 1.82) is 0 Å². The summed E-state index contributed by atoms with van der Waals surface area (Å²) >= 11 is 0. The first-order valence-electron chi connectivity index (χ1n) is 6.93. The Morgan fingerprint density at radius 2 is 1.86 bits per heavy atom. The summed E-state index contributed by atoms with van der Waals surface area (Å²) in [4.78, 5) is 0. The van der Waals surface area contributed by atoms with Crippen molar-refractivity contribution in [2.24, 2.45) is 5.73 Å². The van der Waals surface area contributed by atoms with Gasteiger partial charge in [-0.15, -0.1) is 12.4 Å². The van der Waals surface area contributed by atoms with Crippen molar-refractivity contribution in [3.8, 4) is 11.5 Å². The Balaban J connectivity index is 0.00000242. The third kappa shape index (κ3) is 5.22. The zero-order valence-corrected chi connectivity index (χ0v) is 13.4. The highest BCUT2D eigenvalue weighted by Gasteiger charge is 2.09. The molecule has 0 aromatic heterocycles. The molecule has 0 fully saturated rings. The molecular formula is C17H22ClNO3. The Hall–Kier alpha value is -1.75. The van der Waals surface area contributed by atoms with Crippen molar-refractivity contribution >= 4 is 12.4 Å². The first-order chi connectivity index (χ1) is 10.2. The lowest BCUT2D eigenvalue weighted by Gasteiger charge is -2.14. The van der Waals surface area contributed by atoms with Crippen LogP contribution in [0.4, 0.5) is 0 Å². The Kier molecular flexibility index (Phi) is 7.74. The summed E-state index contributed by atoms with van der Waals surface area (Å²) in [5, 5.41) is 9.03. The van der Waals surface area contributed by atoms with E-state index in [1.807, 2.05) is 48.5 Å². The van der Waals surface area contributed by atoms with Crippen LogP contribution < -0.4 is 15.2 Å². The van der Waals surface area contributed by atoms with Gasteiger partial charge in [0.2, 0.25) is 0 Å². The Morgan fingerprint density at radius 1 is 1.14 bits per heavy atom. The fourth-order valence-corrected chi connectivity index (χ4v) is 2.07. The highest BCUT2D eigenvalue weighted by atomic mass is 35.5. The van der Waals surface area contributed by atoms with Gasteiger partial charge in [-0.3, -0.25) is 0 Å². The number of hydrogen-bond donors (Lipinski definition) is 2.